The van der Waals surface area contributed by atoms with Gasteiger partial charge in [0, 0.05) is 25.4 Å². The third-order valence-corrected chi connectivity index (χ3v) is 4.29. The lowest BCUT2D eigenvalue weighted by Crippen LogP contribution is -2.12. The van der Waals surface area contributed by atoms with Crippen LogP contribution in [0.1, 0.15) is 22.6 Å². The highest BCUT2D eigenvalue weighted by Gasteiger charge is 2.21. The molecule has 0 amide bonds. The molecule has 4 rings (SSSR count). The molecule has 2 aromatic rings. The number of benzene rings is 1. The number of H-pyrrole nitrogens is 2. The van der Waals surface area contributed by atoms with Gasteiger partial charge in [0.15, 0.2) is 0 Å². The molecule has 0 saturated carbocycles. The van der Waals surface area contributed by atoms with E-state index in [-0.39, 0.29) is 11.1 Å². The zero-order valence-electron chi connectivity index (χ0n) is 14.2. The minimum atomic E-state index is -0.520. The summed E-state index contributed by atoms with van der Waals surface area (Å²) in [5.41, 5.74) is 2.61. The van der Waals surface area contributed by atoms with Gasteiger partial charge in [0.25, 0.3) is 5.56 Å². The molecule has 132 valence electrons. The summed E-state index contributed by atoms with van der Waals surface area (Å²) < 4.78 is 6.61. The Morgan fingerprint density at radius 1 is 1.27 bits per heavy atom. The van der Waals surface area contributed by atoms with E-state index in [0.29, 0.717) is 17.8 Å². The average Bonchev–Trinajstić information content (AvgIpc) is 3.24. The number of hydrogen-bond acceptors (Lipinski definition) is 5. The topological polar surface area (TPSA) is 106 Å². The lowest BCUT2D eigenvalue weighted by Gasteiger charge is -2.11. The van der Waals surface area contributed by atoms with Gasteiger partial charge in [-0.25, -0.2) is 14.9 Å². The van der Waals surface area contributed by atoms with Crippen molar-refractivity contribution < 1.29 is 9.53 Å². The molecule has 0 spiro atoms. The number of methoxy groups -OCH3 is 1. The van der Waals surface area contributed by atoms with Crippen molar-refractivity contribution in [3.8, 4) is 11.3 Å². The van der Waals surface area contributed by atoms with Crippen molar-refractivity contribution in [1.29, 1.82) is 0 Å². The minimum absolute atomic E-state index is 0.270. The first-order valence-electron chi connectivity index (χ1n) is 8.26. The van der Waals surface area contributed by atoms with Gasteiger partial charge in [-0.3, -0.25) is 4.79 Å². The van der Waals surface area contributed by atoms with Crippen LogP contribution in [0.15, 0.2) is 41.5 Å². The summed E-state index contributed by atoms with van der Waals surface area (Å²) in [5.74, 6) is 0.391. The third kappa shape index (κ3) is 2.85. The van der Waals surface area contributed by atoms with E-state index in [9.17, 15) is 9.59 Å². The number of pyridine rings is 1. The van der Waals surface area contributed by atoms with E-state index in [4.69, 9.17) is 4.74 Å². The van der Waals surface area contributed by atoms with Crippen LogP contribution in [0.25, 0.3) is 22.3 Å². The van der Waals surface area contributed by atoms with Crippen molar-refractivity contribution in [2.45, 2.75) is 19.4 Å². The van der Waals surface area contributed by atoms with Gasteiger partial charge in [0.2, 0.25) is 0 Å². The molecule has 8 heteroatoms. The van der Waals surface area contributed by atoms with Crippen LogP contribution in [0.5, 0.6) is 0 Å². The maximum absolute atomic E-state index is 12.0. The Morgan fingerprint density at radius 3 is 2.92 bits per heavy atom. The number of aryl methyl sites for hydroxylation is 2. The molecule has 2 N–H and O–H groups in total. The van der Waals surface area contributed by atoms with Crippen LogP contribution in [-0.4, -0.2) is 37.8 Å². The minimum Gasteiger partial charge on any atom is -0.465 e. The number of aromatic nitrogens is 5. The van der Waals surface area contributed by atoms with Crippen LogP contribution in [0.3, 0.4) is 0 Å². The number of rotatable bonds is 5. The number of carbonyl (C=O) groups excluding carboxylic acids is 1. The normalized spacial score (nSPS) is 11.3. The van der Waals surface area contributed by atoms with Gasteiger partial charge >= 0.3 is 5.97 Å². The number of para-hydroxylation sites is 2. The lowest BCUT2D eigenvalue weighted by atomic mass is 10.1. The van der Waals surface area contributed by atoms with E-state index in [1.165, 1.54) is 7.11 Å². The molecule has 2 aliphatic heterocycles. The van der Waals surface area contributed by atoms with Crippen molar-refractivity contribution >= 4 is 17.0 Å². The first-order valence-corrected chi connectivity index (χ1v) is 8.26. The predicted octanol–water partition coefficient (Wildman–Crippen LogP) is 1.97. The summed E-state index contributed by atoms with van der Waals surface area (Å²) >= 11 is 0. The molecule has 1 aromatic heterocycles. The monoisotopic (exact) mass is 351 g/mol. The summed E-state index contributed by atoms with van der Waals surface area (Å²) in [6.45, 7) is 0.627. The maximum atomic E-state index is 12.0. The first-order chi connectivity index (χ1) is 12.7. The number of hydrogen-bond donors (Lipinski definition) is 2. The van der Waals surface area contributed by atoms with E-state index in [1.807, 2.05) is 28.8 Å². The molecule has 0 fully saturated rings. The Labute approximate surface area is 148 Å². The maximum Gasteiger partial charge on any atom is 0.341 e. The standard InChI is InChI=1S/C18H17N5O3/c1-26-18(25)12-10-23(9-11-16(12)21-22-17(11)24)8-4-7-15-19-13-5-2-3-6-14(13)20-15/h2-3,5-6,9-10H,4,7-8H2,1H3,(H,19,20)(H,22,24). The predicted molar refractivity (Wildman–Crippen MR) is 95.2 cm³/mol. The van der Waals surface area contributed by atoms with Crippen molar-refractivity contribution in [3.63, 3.8) is 0 Å². The fourth-order valence-corrected chi connectivity index (χ4v) is 3.03. The smallest absolute Gasteiger partial charge is 0.341 e. The van der Waals surface area contributed by atoms with Gasteiger partial charge in [-0.2, -0.15) is 5.10 Å². The number of aromatic amines is 2. The third-order valence-electron chi connectivity index (χ3n) is 4.29. The van der Waals surface area contributed by atoms with Gasteiger partial charge < -0.3 is 14.3 Å². The van der Waals surface area contributed by atoms with Crippen molar-refractivity contribution in [2.75, 3.05) is 7.11 Å². The Kier molecular flexibility index (Phi) is 4.00. The molecule has 0 bridgehead atoms. The summed E-state index contributed by atoms with van der Waals surface area (Å²) in [4.78, 5) is 31.7. The molecular weight excluding hydrogens is 334 g/mol. The van der Waals surface area contributed by atoms with Gasteiger partial charge in [0.05, 0.1) is 23.7 Å². The molecule has 0 aliphatic carbocycles. The quantitative estimate of drug-likeness (QED) is 0.535. The summed E-state index contributed by atoms with van der Waals surface area (Å²) in [6.07, 6.45) is 4.91. The largest absolute Gasteiger partial charge is 0.465 e. The second kappa shape index (κ2) is 6.47. The Balaban J connectivity index is 1.55. The van der Waals surface area contributed by atoms with Crippen LogP contribution >= 0.6 is 0 Å². The Morgan fingerprint density at radius 2 is 2.12 bits per heavy atom. The molecule has 0 unspecified atom stereocenters. The molecule has 26 heavy (non-hydrogen) atoms. The molecule has 0 radical (unpaired) electrons. The number of carbonyl (C=O) groups is 1. The number of nitrogens with one attached hydrogen (secondary N) is 2. The zero-order valence-corrected chi connectivity index (χ0v) is 14.2. The number of fused-ring (bicyclic) bond motifs is 2. The molecule has 0 atom stereocenters. The van der Waals surface area contributed by atoms with E-state index in [2.05, 4.69) is 20.2 Å². The first kappa shape index (κ1) is 16.1. The molecule has 3 heterocycles. The number of nitrogens with zero attached hydrogens (tertiary/aromatic N) is 3. The second-order valence-electron chi connectivity index (χ2n) is 6.02. The second-order valence-corrected chi connectivity index (χ2v) is 6.02. The van der Waals surface area contributed by atoms with Crippen LogP contribution in [-0.2, 0) is 17.7 Å². The van der Waals surface area contributed by atoms with E-state index >= 15 is 0 Å². The van der Waals surface area contributed by atoms with Crippen LogP contribution < -0.4 is 5.56 Å². The summed E-state index contributed by atoms with van der Waals surface area (Å²) in [6, 6.07) is 7.88. The highest BCUT2D eigenvalue weighted by atomic mass is 16.5. The van der Waals surface area contributed by atoms with Gasteiger partial charge in [0.1, 0.15) is 17.1 Å². The zero-order chi connectivity index (χ0) is 18.1. The number of imidazole rings is 1. The molecule has 2 aliphatic rings. The van der Waals surface area contributed by atoms with Gasteiger partial charge in [-0.05, 0) is 18.6 Å². The Hall–Kier alpha value is -3.42. The van der Waals surface area contributed by atoms with Crippen LogP contribution in [0, 0.1) is 0 Å². The van der Waals surface area contributed by atoms with Gasteiger partial charge in [-0.15, -0.1) is 0 Å². The van der Waals surface area contributed by atoms with Gasteiger partial charge in [-0.1, -0.05) is 12.1 Å². The van der Waals surface area contributed by atoms with Crippen LogP contribution in [0.4, 0.5) is 0 Å². The summed E-state index contributed by atoms with van der Waals surface area (Å²) in [7, 11) is 1.30. The van der Waals surface area contributed by atoms with Crippen molar-refractivity contribution in [3.05, 3.63) is 58.4 Å². The molecule has 8 nitrogen and oxygen atoms in total. The SMILES string of the molecule is COC(=O)c1cn(CCCc2nc3ccccc3[nH]2)cc2c(=O)[nH]nc1-2. The number of esters is 1. The Bertz CT molecular complexity index is 1070. The molecular formula is C18H17N5O3. The lowest BCUT2D eigenvalue weighted by molar-refractivity contribution is 0.0600. The van der Waals surface area contributed by atoms with Crippen LogP contribution in [0.2, 0.25) is 0 Å². The molecule has 0 saturated heterocycles. The average molecular weight is 351 g/mol. The fraction of sp³-hybridized carbons (Fsp3) is 0.222. The highest BCUT2D eigenvalue weighted by Crippen LogP contribution is 2.21. The van der Waals surface area contributed by atoms with E-state index in [1.54, 1.807) is 12.4 Å². The fourth-order valence-electron chi connectivity index (χ4n) is 3.03. The number of ether oxygens (including phenoxy) is 1. The molecule has 1 aromatic carbocycles. The van der Waals surface area contributed by atoms with Crippen molar-refractivity contribution in [1.82, 2.24) is 24.7 Å². The van der Waals surface area contributed by atoms with E-state index < -0.39 is 5.97 Å². The summed E-state index contributed by atoms with van der Waals surface area (Å²) in [5, 5.41) is 6.29. The van der Waals surface area contributed by atoms with Crippen molar-refractivity contribution in [2.24, 2.45) is 0 Å². The highest BCUT2D eigenvalue weighted by molar-refractivity contribution is 5.95. The van der Waals surface area contributed by atoms with E-state index in [0.717, 1.165) is 29.7 Å².